The minimum atomic E-state index is 0.569. The number of nitrogens with two attached hydrogens (primary N) is 1. The van der Waals surface area contributed by atoms with E-state index in [9.17, 15) is 0 Å². The van der Waals surface area contributed by atoms with Gasteiger partial charge < -0.3 is 10.6 Å². The van der Waals surface area contributed by atoms with Crippen LogP contribution in [0.15, 0.2) is 78.9 Å². The first kappa shape index (κ1) is 13.5. The molecule has 0 spiro atoms. The standard InChI is InChI=1S/C18H15ClN2/c19-17-12-11-16(13-18(17)20)21(14-7-3-1-4-8-14)15-9-5-2-6-10-15/h1-13H,20H2. The first-order valence-electron chi connectivity index (χ1n) is 6.71. The number of anilines is 4. The summed E-state index contributed by atoms with van der Waals surface area (Å²) in [4.78, 5) is 2.15. The Labute approximate surface area is 129 Å². The molecule has 0 aliphatic carbocycles. The topological polar surface area (TPSA) is 29.3 Å². The molecule has 2 N–H and O–H groups in total. The molecule has 0 radical (unpaired) electrons. The molecule has 0 bridgehead atoms. The fourth-order valence-electron chi connectivity index (χ4n) is 2.27. The quantitative estimate of drug-likeness (QED) is 0.656. The second-order valence-electron chi connectivity index (χ2n) is 4.71. The maximum Gasteiger partial charge on any atom is 0.0636 e. The largest absolute Gasteiger partial charge is 0.397 e. The van der Waals surface area contributed by atoms with Crippen LogP contribution in [0.1, 0.15) is 0 Å². The number of hydrogen-bond donors (Lipinski definition) is 1. The van der Waals surface area contributed by atoms with Gasteiger partial charge in [0.2, 0.25) is 0 Å². The first-order valence-corrected chi connectivity index (χ1v) is 7.09. The van der Waals surface area contributed by atoms with Gasteiger partial charge in [-0.15, -0.1) is 0 Å². The van der Waals surface area contributed by atoms with Crippen LogP contribution in [0.5, 0.6) is 0 Å². The number of benzene rings is 3. The van der Waals surface area contributed by atoms with Crippen LogP contribution in [-0.4, -0.2) is 0 Å². The van der Waals surface area contributed by atoms with Crippen LogP contribution in [0.2, 0.25) is 5.02 Å². The smallest absolute Gasteiger partial charge is 0.0636 e. The lowest BCUT2D eigenvalue weighted by atomic mass is 10.2. The second-order valence-corrected chi connectivity index (χ2v) is 5.12. The summed E-state index contributed by atoms with van der Waals surface area (Å²) in [5.74, 6) is 0. The van der Waals surface area contributed by atoms with Crippen molar-refractivity contribution in [2.45, 2.75) is 0 Å². The predicted molar refractivity (Wildman–Crippen MR) is 90.5 cm³/mol. The van der Waals surface area contributed by atoms with E-state index in [0.717, 1.165) is 17.1 Å². The Balaban J connectivity index is 2.14. The summed E-state index contributed by atoms with van der Waals surface area (Å²) in [7, 11) is 0. The average Bonchev–Trinajstić information content (AvgIpc) is 2.53. The van der Waals surface area contributed by atoms with Crippen LogP contribution in [-0.2, 0) is 0 Å². The molecule has 0 aromatic heterocycles. The zero-order valence-corrected chi connectivity index (χ0v) is 12.2. The van der Waals surface area contributed by atoms with Crippen molar-refractivity contribution in [3.8, 4) is 0 Å². The highest BCUT2D eigenvalue weighted by molar-refractivity contribution is 6.33. The summed E-state index contributed by atoms with van der Waals surface area (Å²) in [6.45, 7) is 0. The monoisotopic (exact) mass is 294 g/mol. The molecule has 0 heterocycles. The molecular weight excluding hydrogens is 280 g/mol. The Morgan fingerprint density at radius 1 is 0.667 bits per heavy atom. The number of halogens is 1. The minimum absolute atomic E-state index is 0.569. The van der Waals surface area contributed by atoms with Crippen LogP contribution in [0.25, 0.3) is 0 Å². The molecule has 3 aromatic carbocycles. The lowest BCUT2D eigenvalue weighted by Crippen LogP contribution is -2.10. The van der Waals surface area contributed by atoms with Crippen LogP contribution >= 0.6 is 11.6 Å². The fourth-order valence-corrected chi connectivity index (χ4v) is 2.39. The van der Waals surface area contributed by atoms with Crippen LogP contribution in [0.4, 0.5) is 22.7 Å². The van der Waals surface area contributed by atoms with E-state index in [-0.39, 0.29) is 0 Å². The van der Waals surface area contributed by atoms with Gasteiger partial charge in [-0.2, -0.15) is 0 Å². The van der Waals surface area contributed by atoms with Gasteiger partial charge in [0, 0.05) is 17.1 Å². The summed E-state index contributed by atoms with van der Waals surface area (Å²) in [6, 6.07) is 26.0. The molecular formula is C18H15ClN2. The Hall–Kier alpha value is -2.45. The van der Waals surface area contributed by atoms with Gasteiger partial charge >= 0.3 is 0 Å². The van der Waals surface area contributed by atoms with Gasteiger partial charge in [0.05, 0.1) is 10.7 Å². The first-order chi connectivity index (χ1) is 10.3. The average molecular weight is 295 g/mol. The SMILES string of the molecule is Nc1cc(N(c2ccccc2)c2ccccc2)ccc1Cl. The zero-order chi connectivity index (χ0) is 14.7. The van der Waals surface area contributed by atoms with Crippen LogP contribution in [0.3, 0.4) is 0 Å². The molecule has 0 aliphatic heterocycles. The molecule has 0 amide bonds. The van der Waals surface area contributed by atoms with Crippen molar-refractivity contribution in [2.75, 3.05) is 10.6 Å². The summed E-state index contributed by atoms with van der Waals surface area (Å²) in [5, 5.41) is 0.569. The number of para-hydroxylation sites is 2. The number of rotatable bonds is 3. The molecule has 3 heteroatoms. The maximum atomic E-state index is 6.03. The van der Waals surface area contributed by atoms with Gasteiger partial charge in [0.1, 0.15) is 0 Å². The molecule has 0 saturated heterocycles. The van der Waals surface area contributed by atoms with Gasteiger partial charge in [-0.05, 0) is 42.5 Å². The number of hydrogen-bond acceptors (Lipinski definition) is 2. The molecule has 0 aliphatic rings. The maximum absolute atomic E-state index is 6.03. The van der Waals surface area contributed by atoms with Crippen LogP contribution < -0.4 is 10.6 Å². The van der Waals surface area contributed by atoms with Gasteiger partial charge in [-0.1, -0.05) is 48.0 Å². The van der Waals surface area contributed by atoms with E-state index in [0.29, 0.717) is 10.7 Å². The molecule has 21 heavy (non-hydrogen) atoms. The van der Waals surface area contributed by atoms with E-state index in [4.69, 9.17) is 17.3 Å². The van der Waals surface area contributed by atoms with Crippen molar-refractivity contribution in [3.05, 3.63) is 83.9 Å². The Morgan fingerprint density at radius 3 is 1.67 bits per heavy atom. The van der Waals surface area contributed by atoms with Crippen LogP contribution in [0, 0.1) is 0 Å². The summed E-state index contributed by atoms with van der Waals surface area (Å²) in [5.41, 5.74) is 9.66. The van der Waals surface area contributed by atoms with E-state index < -0.39 is 0 Å². The third-order valence-corrected chi connectivity index (χ3v) is 3.61. The molecule has 3 rings (SSSR count). The van der Waals surface area contributed by atoms with Gasteiger partial charge in [-0.25, -0.2) is 0 Å². The van der Waals surface area contributed by atoms with E-state index >= 15 is 0 Å². The highest BCUT2D eigenvalue weighted by Gasteiger charge is 2.12. The zero-order valence-electron chi connectivity index (χ0n) is 11.4. The number of nitrogen functional groups attached to an aromatic ring is 1. The lowest BCUT2D eigenvalue weighted by molar-refractivity contribution is 1.28. The molecule has 3 aromatic rings. The minimum Gasteiger partial charge on any atom is -0.397 e. The summed E-state index contributed by atoms with van der Waals surface area (Å²) < 4.78 is 0. The van der Waals surface area contributed by atoms with Crippen molar-refractivity contribution >= 4 is 34.4 Å². The van der Waals surface area contributed by atoms with Gasteiger partial charge in [-0.3, -0.25) is 0 Å². The Bertz CT molecular complexity index is 687. The molecule has 2 nitrogen and oxygen atoms in total. The van der Waals surface area contributed by atoms with E-state index in [1.165, 1.54) is 0 Å². The molecule has 0 unspecified atom stereocenters. The summed E-state index contributed by atoms with van der Waals surface area (Å²) in [6.07, 6.45) is 0. The lowest BCUT2D eigenvalue weighted by Gasteiger charge is -2.25. The third-order valence-electron chi connectivity index (χ3n) is 3.27. The van der Waals surface area contributed by atoms with E-state index in [1.54, 1.807) is 0 Å². The van der Waals surface area contributed by atoms with Crippen molar-refractivity contribution < 1.29 is 0 Å². The fraction of sp³-hybridized carbons (Fsp3) is 0. The molecule has 0 saturated carbocycles. The second kappa shape index (κ2) is 5.90. The van der Waals surface area contributed by atoms with Gasteiger partial charge in [0.15, 0.2) is 0 Å². The molecule has 0 atom stereocenters. The van der Waals surface area contributed by atoms with E-state index in [2.05, 4.69) is 29.2 Å². The molecule has 0 fully saturated rings. The normalized spacial score (nSPS) is 10.3. The predicted octanol–water partition coefficient (Wildman–Crippen LogP) is 5.39. The Kier molecular flexibility index (Phi) is 3.80. The number of nitrogens with zero attached hydrogens (tertiary/aromatic N) is 1. The summed E-state index contributed by atoms with van der Waals surface area (Å²) >= 11 is 6.03. The van der Waals surface area contributed by atoms with Gasteiger partial charge in [0.25, 0.3) is 0 Å². The van der Waals surface area contributed by atoms with Crippen molar-refractivity contribution in [1.29, 1.82) is 0 Å². The van der Waals surface area contributed by atoms with Crippen molar-refractivity contribution in [1.82, 2.24) is 0 Å². The van der Waals surface area contributed by atoms with E-state index in [1.807, 2.05) is 54.6 Å². The third kappa shape index (κ3) is 2.86. The molecule has 104 valence electrons. The van der Waals surface area contributed by atoms with Crippen molar-refractivity contribution in [3.63, 3.8) is 0 Å². The highest BCUT2D eigenvalue weighted by atomic mass is 35.5. The Morgan fingerprint density at radius 2 is 1.19 bits per heavy atom. The highest BCUT2D eigenvalue weighted by Crippen LogP contribution is 2.36. The van der Waals surface area contributed by atoms with Crippen molar-refractivity contribution in [2.24, 2.45) is 0 Å².